The van der Waals surface area contributed by atoms with Gasteiger partial charge in [0.15, 0.2) is 5.78 Å². The van der Waals surface area contributed by atoms with Crippen LogP contribution in [0.2, 0.25) is 0 Å². The smallest absolute Gasteiger partial charge is 0.155 e. The summed E-state index contributed by atoms with van der Waals surface area (Å²) < 4.78 is 0. The second-order valence-corrected chi connectivity index (χ2v) is 5.08. The van der Waals surface area contributed by atoms with Crippen molar-refractivity contribution in [3.05, 3.63) is 35.5 Å². The van der Waals surface area contributed by atoms with Crippen LogP contribution in [0.5, 0.6) is 0 Å². The van der Waals surface area contributed by atoms with E-state index in [1.165, 1.54) is 5.57 Å². The van der Waals surface area contributed by atoms with Crippen LogP contribution in [0.15, 0.2) is 35.5 Å². The molecule has 0 fully saturated rings. The summed E-state index contributed by atoms with van der Waals surface area (Å²) in [4.78, 5) is 11.7. The zero-order valence-electron chi connectivity index (χ0n) is 10.8. The molecule has 0 aromatic heterocycles. The van der Waals surface area contributed by atoms with Gasteiger partial charge in [-0.15, -0.1) is 0 Å². The van der Waals surface area contributed by atoms with Crippen molar-refractivity contribution in [3.8, 4) is 0 Å². The number of hydrogen-bond acceptors (Lipinski definition) is 1. The number of rotatable bonds is 4. The normalized spacial score (nSPS) is 21.2. The maximum atomic E-state index is 11.7. The number of carbonyl (C=O) groups excluding carboxylic acids is 1. The van der Waals surface area contributed by atoms with Gasteiger partial charge in [0, 0.05) is 6.42 Å². The van der Waals surface area contributed by atoms with E-state index >= 15 is 0 Å². The van der Waals surface area contributed by atoms with Crippen molar-refractivity contribution in [2.45, 2.75) is 40.5 Å². The molecule has 0 N–H and O–H groups in total. The van der Waals surface area contributed by atoms with Gasteiger partial charge in [0.1, 0.15) is 0 Å². The molecule has 16 heavy (non-hydrogen) atoms. The van der Waals surface area contributed by atoms with E-state index in [0.717, 1.165) is 12.0 Å². The molecule has 0 bridgehead atoms. The highest BCUT2D eigenvalue weighted by Crippen LogP contribution is 2.26. The summed E-state index contributed by atoms with van der Waals surface area (Å²) in [5, 5.41) is 0. The molecule has 0 saturated carbocycles. The minimum atomic E-state index is 0.257. The van der Waals surface area contributed by atoms with Crippen molar-refractivity contribution in [1.82, 2.24) is 0 Å². The minimum absolute atomic E-state index is 0.257. The lowest BCUT2D eigenvalue weighted by atomic mass is 9.84. The van der Waals surface area contributed by atoms with Crippen molar-refractivity contribution in [3.63, 3.8) is 0 Å². The van der Waals surface area contributed by atoms with E-state index in [9.17, 15) is 4.79 Å². The maximum Gasteiger partial charge on any atom is 0.155 e. The lowest BCUT2D eigenvalue weighted by molar-refractivity contribution is -0.115. The molecule has 0 amide bonds. The second-order valence-electron chi connectivity index (χ2n) is 5.08. The van der Waals surface area contributed by atoms with Crippen molar-refractivity contribution < 1.29 is 4.79 Å². The number of carbonyl (C=O) groups is 1. The third kappa shape index (κ3) is 4.18. The summed E-state index contributed by atoms with van der Waals surface area (Å²) in [6.45, 7) is 8.22. The Morgan fingerprint density at radius 2 is 2.25 bits per heavy atom. The molecule has 0 spiro atoms. The summed E-state index contributed by atoms with van der Waals surface area (Å²) in [6.07, 6.45) is 10.2. The van der Waals surface area contributed by atoms with Crippen LogP contribution >= 0.6 is 0 Å². The number of hydrogen-bond donors (Lipinski definition) is 0. The van der Waals surface area contributed by atoms with Gasteiger partial charge < -0.3 is 0 Å². The van der Waals surface area contributed by atoms with Crippen LogP contribution in [0.4, 0.5) is 0 Å². The van der Waals surface area contributed by atoms with Gasteiger partial charge in [-0.3, -0.25) is 4.79 Å². The van der Waals surface area contributed by atoms with Gasteiger partial charge >= 0.3 is 0 Å². The Kier molecular flexibility index (Phi) is 4.72. The molecule has 1 rings (SSSR count). The van der Waals surface area contributed by atoms with Crippen molar-refractivity contribution in [1.29, 1.82) is 0 Å². The molecule has 0 aromatic rings. The summed E-state index contributed by atoms with van der Waals surface area (Å²) in [6, 6.07) is 0. The van der Waals surface area contributed by atoms with Crippen LogP contribution in [0.1, 0.15) is 40.5 Å². The lowest BCUT2D eigenvalue weighted by Gasteiger charge is -2.21. The van der Waals surface area contributed by atoms with E-state index in [1.807, 2.05) is 13.8 Å². The van der Waals surface area contributed by atoms with E-state index in [2.05, 4.69) is 32.1 Å². The number of allylic oxidation sites excluding steroid dienone is 6. The van der Waals surface area contributed by atoms with E-state index in [0.29, 0.717) is 18.3 Å². The molecule has 1 nitrogen and oxygen atoms in total. The van der Waals surface area contributed by atoms with Gasteiger partial charge in [0.05, 0.1) is 0 Å². The SMILES string of the molecule is CC(C)=CC(=O)C[C@H](C)C1C=CC(C)=CC1. The monoisotopic (exact) mass is 218 g/mol. The van der Waals surface area contributed by atoms with Crippen molar-refractivity contribution in [2.75, 3.05) is 0 Å². The fraction of sp³-hybridized carbons (Fsp3) is 0.533. The third-order valence-electron chi connectivity index (χ3n) is 3.02. The van der Waals surface area contributed by atoms with Gasteiger partial charge in [0.2, 0.25) is 0 Å². The molecule has 0 saturated heterocycles. The zero-order valence-corrected chi connectivity index (χ0v) is 10.8. The Balaban J connectivity index is 2.48. The molecular formula is C15H22O. The Morgan fingerprint density at radius 3 is 2.75 bits per heavy atom. The molecule has 2 atom stereocenters. The third-order valence-corrected chi connectivity index (χ3v) is 3.02. The van der Waals surface area contributed by atoms with E-state index in [-0.39, 0.29) is 5.78 Å². The molecule has 0 heterocycles. The van der Waals surface area contributed by atoms with Crippen molar-refractivity contribution in [2.24, 2.45) is 11.8 Å². The first-order chi connectivity index (χ1) is 7.49. The highest BCUT2D eigenvalue weighted by Gasteiger charge is 2.17. The molecule has 1 aliphatic carbocycles. The molecular weight excluding hydrogens is 196 g/mol. The summed E-state index contributed by atoms with van der Waals surface area (Å²) in [7, 11) is 0. The number of ketones is 1. The largest absolute Gasteiger partial charge is 0.295 e. The van der Waals surface area contributed by atoms with Crippen molar-refractivity contribution >= 4 is 5.78 Å². The maximum absolute atomic E-state index is 11.7. The van der Waals surface area contributed by atoms with Crippen LogP contribution < -0.4 is 0 Å². The second kappa shape index (κ2) is 5.83. The molecule has 88 valence electrons. The van der Waals surface area contributed by atoms with Gasteiger partial charge in [0.25, 0.3) is 0 Å². The van der Waals surface area contributed by atoms with E-state index in [4.69, 9.17) is 0 Å². The molecule has 1 aliphatic rings. The first-order valence-corrected chi connectivity index (χ1v) is 6.01. The molecule has 0 aliphatic heterocycles. The average Bonchev–Trinajstić information content (AvgIpc) is 2.16. The Morgan fingerprint density at radius 1 is 1.56 bits per heavy atom. The minimum Gasteiger partial charge on any atom is -0.295 e. The van der Waals surface area contributed by atoms with E-state index in [1.54, 1.807) is 6.08 Å². The quantitative estimate of drug-likeness (QED) is 0.650. The van der Waals surface area contributed by atoms with Crippen LogP contribution in [-0.4, -0.2) is 5.78 Å². The standard InChI is InChI=1S/C15H22O/c1-11(2)9-15(16)10-13(4)14-7-5-12(3)6-8-14/h5-7,9,13-14H,8,10H2,1-4H3/t13-,14?/m0/s1. The van der Waals surface area contributed by atoms with Crippen LogP contribution in [-0.2, 0) is 4.79 Å². The van der Waals surface area contributed by atoms with E-state index < -0.39 is 0 Å². The molecule has 0 radical (unpaired) electrons. The highest BCUT2D eigenvalue weighted by molar-refractivity contribution is 5.90. The van der Waals surface area contributed by atoms with Crippen LogP contribution in [0, 0.1) is 11.8 Å². The molecule has 1 unspecified atom stereocenters. The summed E-state index contributed by atoms with van der Waals surface area (Å²) in [5.41, 5.74) is 2.42. The van der Waals surface area contributed by atoms with Gasteiger partial charge in [-0.25, -0.2) is 0 Å². The van der Waals surface area contributed by atoms with Crippen LogP contribution in [0.3, 0.4) is 0 Å². The van der Waals surface area contributed by atoms with Gasteiger partial charge in [-0.05, 0) is 45.1 Å². The Labute approximate surface area is 98.9 Å². The zero-order chi connectivity index (χ0) is 12.1. The first-order valence-electron chi connectivity index (χ1n) is 6.01. The molecule has 1 heteroatoms. The highest BCUT2D eigenvalue weighted by atomic mass is 16.1. The Hall–Kier alpha value is -1.11. The average molecular weight is 218 g/mol. The topological polar surface area (TPSA) is 17.1 Å². The fourth-order valence-electron chi connectivity index (χ4n) is 2.02. The lowest BCUT2D eigenvalue weighted by Crippen LogP contribution is -2.14. The first kappa shape index (κ1) is 13.0. The predicted octanol–water partition coefficient (Wildman–Crippen LogP) is 4.07. The van der Waals surface area contributed by atoms with Crippen LogP contribution in [0.25, 0.3) is 0 Å². The fourth-order valence-corrected chi connectivity index (χ4v) is 2.02. The summed E-state index contributed by atoms with van der Waals surface area (Å²) >= 11 is 0. The predicted molar refractivity (Wildman–Crippen MR) is 69.2 cm³/mol. The summed E-state index contributed by atoms with van der Waals surface area (Å²) in [5.74, 6) is 1.22. The van der Waals surface area contributed by atoms with Gasteiger partial charge in [-0.2, -0.15) is 0 Å². The molecule has 0 aromatic carbocycles. The Bertz CT molecular complexity index is 340. The van der Waals surface area contributed by atoms with Gasteiger partial charge in [-0.1, -0.05) is 36.3 Å².